The van der Waals surface area contributed by atoms with E-state index in [9.17, 15) is 4.79 Å². The topological polar surface area (TPSA) is 29.5 Å². The van der Waals surface area contributed by atoms with E-state index in [1.807, 2.05) is 0 Å². The van der Waals surface area contributed by atoms with Crippen molar-refractivity contribution in [3.63, 3.8) is 0 Å². The number of esters is 1. The van der Waals surface area contributed by atoms with E-state index in [0.29, 0.717) is 5.92 Å². The molecule has 0 amide bonds. The molecule has 116 valence electrons. The van der Waals surface area contributed by atoms with Crippen LogP contribution in [0.4, 0.5) is 0 Å². The fraction of sp³-hybridized carbons (Fsp3) is 0.941. The highest BCUT2D eigenvalue weighted by Gasteiger charge is 2.70. The van der Waals surface area contributed by atoms with Gasteiger partial charge in [0, 0.05) is 5.54 Å². The van der Waals surface area contributed by atoms with E-state index in [4.69, 9.17) is 4.74 Å². The summed E-state index contributed by atoms with van der Waals surface area (Å²) in [6.45, 7) is 13.8. The molecule has 3 heteroatoms. The minimum absolute atomic E-state index is 0.0405. The summed E-state index contributed by atoms with van der Waals surface area (Å²) in [6, 6.07) is 0. The van der Waals surface area contributed by atoms with E-state index in [1.165, 1.54) is 39.5 Å². The second-order valence-corrected chi connectivity index (χ2v) is 7.84. The second kappa shape index (κ2) is 5.01. The van der Waals surface area contributed by atoms with Crippen LogP contribution in [0.15, 0.2) is 0 Å². The quantitative estimate of drug-likeness (QED) is 0.739. The van der Waals surface area contributed by atoms with Crippen molar-refractivity contribution in [3.8, 4) is 0 Å². The lowest BCUT2D eigenvalue weighted by molar-refractivity contribution is -0.149. The first-order chi connectivity index (χ1) is 9.20. The van der Waals surface area contributed by atoms with E-state index < -0.39 is 0 Å². The molecule has 20 heavy (non-hydrogen) atoms. The zero-order valence-corrected chi connectivity index (χ0v) is 14.1. The van der Waals surface area contributed by atoms with Crippen molar-refractivity contribution < 1.29 is 9.53 Å². The summed E-state index contributed by atoms with van der Waals surface area (Å²) in [5.74, 6) is 0.429. The Labute approximate surface area is 124 Å². The van der Waals surface area contributed by atoms with Gasteiger partial charge in [-0.05, 0) is 64.5 Å². The third-order valence-corrected chi connectivity index (χ3v) is 6.68. The summed E-state index contributed by atoms with van der Waals surface area (Å²) in [5, 5.41) is 0. The number of likely N-dealkylation sites (tertiary alicyclic amines) is 1. The van der Waals surface area contributed by atoms with Crippen molar-refractivity contribution in [3.05, 3.63) is 0 Å². The largest absolute Gasteiger partial charge is 0.469 e. The molecule has 3 unspecified atom stereocenters. The maximum Gasteiger partial charge on any atom is 0.312 e. The predicted octanol–water partition coefficient (Wildman–Crippen LogP) is 3.48. The third kappa shape index (κ3) is 2.18. The van der Waals surface area contributed by atoms with Gasteiger partial charge in [0.2, 0.25) is 0 Å². The number of carbonyl (C=O) groups excluding carboxylic acids is 1. The van der Waals surface area contributed by atoms with Gasteiger partial charge in [0.25, 0.3) is 0 Å². The van der Waals surface area contributed by atoms with Gasteiger partial charge in [-0.25, -0.2) is 0 Å². The minimum Gasteiger partial charge on any atom is -0.469 e. The van der Waals surface area contributed by atoms with E-state index in [-0.39, 0.29) is 22.3 Å². The molecule has 1 aliphatic carbocycles. The Morgan fingerprint density at radius 1 is 1.20 bits per heavy atom. The molecule has 0 bridgehead atoms. The van der Waals surface area contributed by atoms with E-state index in [1.54, 1.807) is 0 Å². The van der Waals surface area contributed by atoms with Gasteiger partial charge in [-0.3, -0.25) is 9.69 Å². The standard InChI is InChI=1S/C17H31NO2/c1-13(15(2,3)18-10-8-7-9-11-18)16(4)12-17(16,5)14(19)20-6/h13H,7-12H2,1-6H3. The number of ether oxygens (including phenoxy) is 1. The molecule has 2 fully saturated rings. The molecule has 3 nitrogen and oxygen atoms in total. The molecule has 0 N–H and O–H groups in total. The van der Waals surface area contributed by atoms with Crippen LogP contribution < -0.4 is 0 Å². The van der Waals surface area contributed by atoms with Crippen LogP contribution in [0.3, 0.4) is 0 Å². The van der Waals surface area contributed by atoms with Gasteiger partial charge >= 0.3 is 5.97 Å². The monoisotopic (exact) mass is 281 g/mol. The third-order valence-electron chi connectivity index (χ3n) is 6.68. The number of rotatable bonds is 4. The minimum atomic E-state index is -0.297. The fourth-order valence-electron chi connectivity index (χ4n) is 4.38. The molecule has 0 aromatic carbocycles. The summed E-state index contributed by atoms with van der Waals surface area (Å²) in [5.41, 5.74) is -0.101. The lowest BCUT2D eigenvalue weighted by Crippen LogP contribution is -2.53. The highest BCUT2D eigenvalue weighted by atomic mass is 16.5. The van der Waals surface area contributed by atoms with Crippen LogP contribution in [0.25, 0.3) is 0 Å². The summed E-state index contributed by atoms with van der Waals surface area (Å²) < 4.78 is 5.03. The molecule has 1 heterocycles. The number of nitrogens with zero attached hydrogens (tertiary/aromatic N) is 1. The molecule has 1 aliphatic heterocycles. The predicted molar refractivity (Wildman–Crippen MR) is 81.5 cm³/mol. The SMILES string of the molecule is COC(=O)C1(C)CC1(C)C(C)C(C)(C)N1CCCCC1. The maximum atomic E-state index is 12.1. The molecule has 0 aromatic rings. The van der Waals surface area contributed by atoms with Crippen LogP contribution in [0, 0.1) is 16.7 Å². The Morgan fingerprint density at radius 2 is 1.75 bits per heavy atom. The first-order valence-corrected chi connectivity index (χ1v) is 8.03. The zero-order chi connectivity index (χ0) is 15.2. The summed E-state index contributed by atoms with van der Waals surface area (Å²) in [7, 11) is 1.51. The van der Waals surface area contributed by atoms with Crippen LogP contribution in [0.1, 0.15) is 60.3 Å². The van der Waals surface area contributed by atoms with Crippen molar-refractivity contribution in [1.29, 1.82) is 0 Å². The average molecular weight is 281 g/mol. The molecule has 2 rings (SSSR count). The molecular formula is C17H31NO2. The van der Waals surface area contributed by atoms with E-state index in [0.717, 1.165) is 6.42 Å². The maximum absolute atomic E-state index is 12.1. The Kier molecular flexibility index (Phi) is 3.96. The number of hydrogen-bond donors (Lipinski definition) is 0. The van der Waals surface area contributed by atoms with Crippen LogP contribution in [-0.2, 0) is 9.53 Å². The highest BCUT2D eigenvalue weighted by Crippen LogP contribution is 2.70. The van der Waals surface area contributed by atoms with Crippen LogP contribution in [-0.4, -0.2) is 36.6 Å². The van der Waals surface area contributed by atoms with E-state index in [2.05, 4.69) is 39.5 Å². The van der Waals surface area contributed by atoms with Crippen LogP contribution in [0.2, 0.25) is 0 Å². The Bertz CT molecular complexity index is 386. The molecule has 3 atom stereocenters. The number of hydrogen-bond acceptors (Lipinski definition) is 3. The number of carbonyl (C=O) groups is 1. The van der Waals surface area contributed by atoms with Gasteiger partial charge in [0.1, 0.15) is 0 Å². The van der Waals surface area contributed by atoms with Crippen molar-refractivity contribution in [2.45, 2.75) is 65.8 Å². The lowest BCUT2D eigenvalue weighted by Gasteiger charge is -2.48. The molecule has 0 aromatic heterocycles. The van der Waals surface area contributed by atoms with Crippen molar-refractivity contribution in [2.75, 3.05) is 20.2 Å². The molecule has 1 saturated heterocycles. The first-order valence-electron chi connectivity index (χ1n) is 8.03. The molecule has 0 radical (unpaired) electrons. The van der Waals surface area contributed by atoms with Crippen molar-refractivity contribution >= 4 is 5.97 Å². The fourth-order valence-corrected chi connectivity index (χ4v) is 4.38. The summed E-state index contributed by atoms with van der Waals surface area (Å²) in [6.07, 6.45) is 4.92. The zero-order valence-electron chi connectivity index (χ0n) is 14.1. The highest BCUT2D eigenvalue weighted by molar-refractivity contribution is 5.81. The normalized spacial score (nSPS) is 36.5. The Balaban J connectivity index is 2.14. The molecule has 0 spiro atoms. The molecule has 1 saturated carbocycles. The van der Waals surface area contributed by atoms with Gasteiger partial charge in [-0.2, -0.15) is 0 Å². The smallest absolute Gasteiger partial charge is 0.312 e. The Morgan fingerprint density at radius 3 is 2.25 bits per heavy atom. The summed E-state index contributed by atoms with van der Waals surface area (Å²) >= 11 is 0. The van der Waals surface area contributed by atoms with E-state index >= 15 is 0 Å². The van der Waals surface area contributed by atoms with Crippen LogP contribution in [0.5, 0.6) is 0 Å². The number of piperidine rings is 1. The summed E-state index contributed by atoms with van der Waals surface area (Å²) in [4.78, 5) is 14.7. The molecular weight excluding hydrogens is 250 g/mol. The van der Waals surface area contributed by atoms with Gasteiger partial charge in [-0.15, -0.1) is 0 Å². The van der Waals surface area contributed by atoms with Gasteiger partial charge in [-0.1, -0.05) is 20.3 Å². The number of methoxy groups -OCH3 is 1. The van der Waals surface area contributed by atoms with Crippen molar-refractivity contribution in [1.82, 2.24) is 4.90 Å². The average Bonchev–Trinajstić information content (AvgIpc) is 3.03. The van der Waals surface area contributed by atoms with Crippen molar-refractivity contribution in [2.24, 2.45) is 16.7 Å². The van der Waals surface area contributed by atoms with Gasteiger partial charge < -0.3 is 4.74 Å². The van der Waals surface area contributed by atoms with Crippen LogP contribution >= 0.6 is 0 Å². The second-order valence-electron chi connectivity index (χ2n) is 7.84. The lowest BCUT2D eigenvalue weighted by atomic mass is 9.72. The Hall–Kier alpha value is -0.570. The molecule has 2 aliphatic rings. The first kappa shape index (κ1) is 15.8. The van der Waals surface area contributed by atoms with Gasteiger partial charge in [0.05, 0.1) is 12.5 Å². The van der Waals surface area contributed by atoms with Gasteiger partial charge in [0.15, 0.2) is 0 Å².